The number of aryl methyl sites for hydroxylation is 3. The first kappa shape index (κ1) is 23.6. The fourth-order valence-corrected chi connectivity index (χ4v) is 9.09. The zero-order valence-electron chi connectivity index (χ0n) is 22.1. The zero-order chi connectivity index (χ0) is 25.8. The molecule has 0 saturated carbocycles. The predicted octanol–water partition coefficient (Wildman–Crippen LogP) is 8.37. The van der Waals surface area contributed by atoms with Crippen molar-refractivity contribution in [3.8, 4) is 0 Å². The first-order valence-electron chi connectivity index (χ1n) is 14.3. The van der Waals surface area contributed by atoms with Gasteiger partial charge in [0.15, 0.2) is 6.54 Å². The van der Waals surface area contributed by atoms with Crippen molar-refractivity contribution < 1.29 is 4.57 Å². The molecular weight excluding hydrogens is 515 g/mol. The van der Waals surface area contributed by atoms with E-state index < -0.39 is 0 Å². The zero-order valence-corrected chi connectivity index (χ0v) is 23.7. The maximum absolute atomic E-state index is 2.55. The molecule has 0 N–H and O–H groups in total. The summed E-state index contributed by atoms with van der Waals surface area (Å²) in [6.07, 6.45) is 22.3. The third kappa shape index (κ3) is 4.06. The Balaban J connectivity index is 1.18. The third-order valence-corrected chi connectivity index (χ3v) is 10.8. The lowest BCUT2D eigenvalue weighted by Crippen LogP contribution is -2.38. The van der Waals surface area contributed by atoms with E-state index in [1.807, 2.05) is 23.1 Å². The van der Waals surface area contributed by atoms with Gasteiger partial charge in [-0.1, -0.05) is 53.4 Å². The van der Waals surface area contributed by atoms with Crippen molar-refractivity contribution in [3.63, 3.8) is 0 Å². The second kappa shape index (κ2) is 9.72. The van der Waals surface area contributed by atoms with Gasteiger partial charge in [-0.25, -0.2) is 0 Å². The van der Waals surface area contributed by atoms with Gasteiger partial charge in [0, 0.05) is 41.9 Å². The van der Waals surface area contributed by atoms with Crippen LogP contribution in [0.1, 0.15) is 48.2 Å². The van der Waals surface area contributed by atoms with Gasteiger partial charge < -0.3 is 9.47 Å². The number of hydrogen-bond acceptors (Lipinski definition) is 3. The van der Waals surface area contributed by atoms with Gasteiger partial charge in [-0.15, -0.1) is 0 Å². The molecule has 0 radical (unpaired) electrons. The van der Waals surface area contributed by atoms with Gasteiger partial charge in [0.05, 0.1) is 16.4 Å². The molecule has 0 spiro atoms. The van der Waals surface area contributed by atoms with E-state index in [-0.39, 0.29) is 0 Å². The number of thioether (sulfide) groups is 1. The molecule has 0 bridgehead atoms. The minimum Gasteiger partial charge on any atom is -0.335 e. The van der Waals surface area contributed by atoms with Crippen LogP contribution in [-0.4, -0.2) is 11.1 Å². The fraction of sp³-hybridized carbons (Fsp3) is 0.265. The van der Waals surface area contributed by atoms with E-state index in [9.17, 15) is 0 Å². The molecule has 0 amide bonds. The highest BCUT2D eigenvalue weighted by Gasteiger charge is 2.30. The highest BCUT2D eigenvalue weighted by atomic mass is 32.2. The average molecular weight is 547 g/mol. The minimum atomic E-state index is 1.11. The number of anilines is 1. The Labute approximate surface area is 238 Å². The van der Waals surface area contributed by atoms with Crippen LogP contribution >= 0.6 is 23.1 Å². The SMILES string of the molecule is C(=Cc1sc2cccc3c2[n+]1CCC3)C1=C(n2cccc2)C(=CC=C2Sc3cccc4c3N2CCC4)CCC1. The van der Waals surface area contributed by atoms with E-state index in [0.29, 0.717) is 0 Å². The van der Waals surface area contributed by atoms with Crippen LogP contribution in [-0.2, 0) is 19.4 Å². The Hall–Kier alpha value is -3.28. The Morgan fingerprint density at radius 3 is 2.62 bits per heavy atom. The second-order valence-corrected chi connectivity index (χ2v) is 13.1. The molecule has 0 saturated heterocycles. The summed E-state index contributed by atoms with van der Waals surface area (Å²) in [5.74, 6) is 0. The number of hydrogen-bond donors (Lipinski definition) is 0. The summed E-state index contributed by atoms with van der Waals surface area (Å²) in [4.78, 5) is 3.97. The van der Waals surface area contributed by atoms with Crippen molar-refractivity contribution in [1.29, 1.82) is 0 Å². The highest BCUT2D eigenvalue weighted by molar-refractivity contribution is 8.03. The molecule has 8 rings (SSSR count). The van der Waals surface area contributed by atoms with Crippen LogP contribution in [0.25, 0.3) is 22.0 Å². The number of benzene rings is 2. The van der Waals surface area contributed by atoms with Crippen LogP contribution < -0.4 is 9.47 Å². The topological polar surface area (TPSA) is 12.0 Å². The summed E-state index contributed by atoms with van der Waals surface area (Å²) in [6, 6.07) is 17.9. The molecule has 2 aromatic heterocycles. The monoisotopic (exact) mass is 546 g/mol. The Kier molecular flexibility index (Phi) is 5.88. The molecule has 0 atom stereocenters. The summed E-state index contributed by atoms with van der Waals surface area (Å²) in [5.41, 5.74) is 10.2. The number of rotatable bonds is 4. The van der Waals surface area contributed by atoms with Gasteiger partial charge in [0.1, 0.15) is 4.70 Å². The minimum absolute atomic E-state index is 1.11. The molecule has 39 heavy (non-hydrogen) atoms. The number of para-hydroxylation sites is 2. The number of nitrogens with zero attached hydrogens (tertiary/aromatic N) is 3. The molecular formula is C34H32N3S2+. The van der Waals surface area contributed by atoms with E-state index >= 15 is 0 Å². The summed E-state index contributed by atoms with van der Waals surface area (Å²) in [6.45, 7) is 2.24. The second-order valence-electron chi connectivity index (χ2n) is 10.9. The standard InChI is InChI=1S/C34H32N3S2/c1-2-21-35(20-1)32-26(16-18-30-36-22-6-12-24-10-4-14-28(38-30)33(24)36)8-3-9-27(32)17-19-31-37-23-7-13-25-11-5-15-29(39-31)34(25)37/h1-2,4-5,10-11,14-21H,3,6-9,12-13,22-23H2/q+1. The summed E-state index contributed by atoms with van der Waals surface area (Å²) < 4.78 is 6.30. The lowest BCUT2D eigenvalue weighted by Gasteiger charge is -2.27. The molecule has 0 unspecified atom stereocenters. The molecule has 5 heterocycles. The average Bonchev–Trinajstić information content (AvgIpc) is 3.72. The van der Waals surface area contributed by atoms with Crippen molar-refractivity contribution >= 4 is 50.8 Å². The van der Waals surface area contributed by atoms with E-state index in [4.69, 9.17) is 0 Å². The smallest absolute Gasteiger partial charge is 0.262 e. The highest BCUT2D eigenvalue weighted by Crippen LogP contribution is 2.50. The summed E-state index contributed by atoms with van der Waals surface area (Å²) in [5, 5.41) is 2.74. The van der Waals surface area contributed by atoms with Gasteiger partial charge in [0.25, 0.3) is 5.01 Å². The maximum atomic E-state index is 2.55. The van der Waals surface area contributed by atoms with E-state index in [1.165, 1.54) is 90.9 Å². The van der Waals surface area contributed by atoms with Gasteiger partial charge in [-0.05, 0) is 91.7 Å². The Morgan fingerprint density at radius 1 is 0.795 bits per heavy atom. The molecule has 4 aromatic rings. The van der Waals surface area contributed by atoms with Crippen molar-refractivity contribution in [2.24, 2.45) is 0 Å². The molecule has 0 fully saturated rings. The number of allylic oxidation sites excluding steroid dienone is 6. The van der Waals surface area contributed by atoms with E-state index in [2.05, 4.69) is 99.3 Å². The molecule has 4 aliphatic rings. The number of aromatic nitrogens is 2. The molecule has 1 aliphatic carbocycles. The van der Waals surface area contributed by atoms with Crippen molar-refractivity contribution in [2.75, 3.05) is 11.4 Å². The number of thiazole rings is 1. The largest absolute Gasteiger partial charge is 0.335 e. The van der Waals surface area contributed by atoms with Gasteiger partial charge in [-0.2, -0.15) is 4.57 Å². The van der Waals surface area contributed by atoms with Crippen molar-refractivity contribution in [2.45, 2.75) is 56.4 Å². The predicted molar refractivity (Wildman–Crippen MR) is 165 cm³/mol. The summed E-state index contributed by atoms with van der Waals surface area (Å²) in [7, 11) is 0. The molecule has 3 aliphatic heterocycles. The molecule has 194 valence electrons. The van der Waals surface area contributed by atoms with Crippen molar-refractivity contribution in [1.82, 2.24) is 4.57 Å². The fourth-order valence-electron chi connectivity index (χ4n) is 6.82. The quantitative estimate of drug-likeness (QED) is 0.238. The molecule has 5 heteroatoms. The van der Waals surface area contributed by atoms with Crippen LogP contribution in [0.4, 0.5) is 5.69 Å². The first-order valence-corrected chi connectivity index (χ1v) is 15.9. The normalized spacial score (nSPS) is 20.7. The van der Waals surface area contributed by atoms with E-state index in [1.54, 1.807) is 0 Å². The lowest BCUT2D eigenvalue weighted by atomic mass is 9.90. The Bertz CT molecular complexity index is 1710. The molecule has 2 aromatic carbocycles. The van der Waals surface area contributed by atoms with Crippen molar-refractivity contribution in [3.05, 3.63) is 111 Å². The first-order chi connectivity index (χ1) is 19.3. The third-order valence-electron chi connectivity index (χ3n) is 8.54. The summed E-state index contributed by atoms with van der Waals surface area (Å²) >= 11 is 3.87. The molecule has 3 nitrogen and oxygen atoms in total. The van der Waals surface area contributed by atoms with Crippen LogP contribution in [0.2, 0.25) is 0 Å². The van der Waals surface area contributed by atoms with Crippen LogP contribution in [0.3, 0.4) is 0 Å². The van der Waals surface area contributed by atoms with Gasteiger partial charge in [0.2, 0.25) is 5.52 Å². The van der Waals surface area contributed by atoms with Gasteiger partial charge in [-0.3, -0.25) is 0 Å². The van der Waals surface area contributed by atoms with Crippen LogP contribution in [0, 0.1) is 0 Å². The van der Waals surface area contributed by atoms with E-state index in [0.717, 1.165) is 25.9 Å². The lowest BCUT2D eigenvalue weighted by molar-refractivity contribution is -0.671. The maximum Gasteiger partial charge on any atom is 0.262 e. The van der Waals surface area contributed by atoms with Crippen LogP contribution in [0.15, 0.2) is 100 Å². The van der Waals surface area contributed by atoms with Crippen LogP contribution in [0.5, 0.6) is 0 Å². The van der Waals surface area contributed by atoms with Gasteiger partial charge >= 0.3 is 0 Å². The Morgan fingerprint density at radius 2 is 1.67 bits per heavy atom.